The van der Waals surface area contributed by atoms with E-state index < -0.39 is 4.92 Å². The Balaban J connectivity index is 2.40. The Hall–Kier alpha value is -2.83. The lowest BCUT2D eigenvalue weighted by Crippen LogP contribution is -2.10. The number of nitro groups is 1. The molecule has 0 fully saturated rings. The number of aromatic nitrogens is 1. The number of aryl methyl sites for hydroxylation is 1. The van der Waals surface area contributed by atoms with E-state index in [1.54, 1.807) is 0 Å². The molecule has 7 heteroatoms. The highest BCUT2D eigenvalue weighted by Gasteiger charge is 2.16. The maximum absolute atomic E-state index is 11.0. The largest absolute Gasteiger partial charge is 0.384 e. The van der Waals surface area contributed by atoms with Crippen LogP contribution in [0.2, 0.25) is 0 Å². The molecule has 110 valence electrons. The van der Waals surface area contributed by atoms with Crippen molar-refractivity contribution < 1.29 is 4.92 Å². The molecular weight excluding hydrogens is 270 g/mol. The minimum atomic E-state index is -0.490. The van der Waals surface area contributed by atoms with Crippen molar-refractivity contribution in [2.75, 3.05) is 30.0 Å². The van der Waals surface area contributed by atoms with E-state index in [1.165, 1.54) is 12.1 Å². The zero-order chi connectivity index (χ0) is 15.6. The molecule has 21 heavy (non-hydrogen) atoms. The van der Waals surface area contributed by atoms with Crippen molar-refractivity contribution in [1.82, 2.24) is 4.98 Å². The molecule has 0 aliphatic heterocycles. The van der Waals surface area contributed by atoms with E-state index in [-0.39, 0.29) is 17.3 Å². The molecule has 1 aromatic heterocycles. The molecule has 0 atom stereocenters. The van der Waals surface area contributed by atoms with Gasteiger partial charge < -0.3 is 16.0 Å². The summed E-state index contributed by atoms with van der Waals surface area (Å²) in [6.45, 7) is 2.00. The van der Waals surface area contributed by atoms with E-state index in [1.807, 2.05) is 44.1 Å². The number of pyridine rings is 1. The van der Waals surface area contributed by atoms with Crippen molar-refractivity contribution in [3.8, 4) is 0 Å². The highest BCUT2D eigenvalue weighted by molar-refractivity contribution is 5.71. The van der Waals surface area contributed by atoms with E-state index in [2.05, 4.69) is 10.3 Å². The minimum Gasteiger partial charge on any atom is -0.384 e. The fourth-order valence-corrected chi connectivity index (χ4v) is 2.01. The average Bonchev–Trinajstić information content (AvgIpc) is 2.40. The summed E-state index contributed by atoms with van der Waals surface area (Å²) >= 11 is 0. The Bertz CT molecular complexity index is 685. The molecular formula is C14H17N5O2. The third-order valence-electron chi connectivity index (χ3n) is 3.05. The SMILES string of the molecule is Cc1ccc(Nc2nc(N)ccc2[N+](=O)[O-])cc1N(C)C. The van der Waals surface area contributed by atoms with Gasteiger partial charge >= 0.3 is 5.69 Å². The summed E-state index contributed by atoms with van der Waals surface area (Å²) in [6, 6.07) is 8.44. The molecule has 7 nitrogen and oxygen atoms in total. The molecule has 0 spiro atoms. The lowest BCUT2D eigenvalue weighted by molar-refractivity contribution is -0.384. The van der Waals surface area contributed by atoms with Crippen LogP contribution in [0.1, 0.15) is 5.56 Å². The zero-order valence-corrected chi connectivity index (χ0v) is 12.1. The summed E-state index contributed by atoms with van der Waals surface area (Å²) in [6.07, 6.45) is 0. The molecule has 2 rings (SSSR count). The minimum absolute atomic E-state index is 0.115. The second kappa shape index (κ2) is 5.66. The highest BCUT2D eigenvalue weighted by Crippen LogP contribution is 2.29. The molecule has 1 aromatic carbocycles. The van der Waals surface area contributed by atoms with Crippen molar-refractivity contribution in [3.05, 3.63) is 46.0 Å². The Labute approximate surface area is 122 Å². The van der Waals surface area contributed by atoms with Gasteiger partial charge in [0.25, 0.3) is 0 Å². The summed E-state index contributed by atoms with van der Waals surface area (Å²) in [5.41, 5.74) is 8.33. The summed E-state index contributed by atoms with van der Waals surface area (Å²) in [7, 11) is 3.88. The molecule has 0 radical (unpaired) electrons. The molecule has 0 unspecified atom stereocenters. The molecule has 0 aliphatic carbocycles. The van der Waals surface area contributed by atoms with Crippen LogP contribution in [0.4, 0.5) is 28.7 Å². The van der Waals surface area contributed by atoms with Crippen LogP contribution in [0.15, 0.2) is 30.3 Å². The summed E-state index contributed by atoms with van der Waals surface area (Å²) in [5, 5.41) is 14.0. The summed E-state index contributed by atoms with van der Waals surface area (Å²) < 4.78 is 0. The smallest absolute Gasteiger partial charge is 0.311 e. The summed E-state index contributed by atoms with van der Waals surface area (Å²) in [5.74, 6) is 0.358. The van der Waals surface area contributed by atoms with Gasteiger partial charge in [0.2, 0.25) is 5.82 Å². The fraction of sp³-hybridized carbons (Fsp3) is 0.214. The van der Waals surface area contributed by atoms with Gasteiger partial charge in [0.15, 0.2) is 0 Å². The zero-order valence-electron chi connectivity index (χ0n) is 12.1. The van der Waals surface area contributed by atoms with Gasteiger partial charge in [0.05, 0.1) is 4.92 Å². The van der Waals surface area contributed by atoms with Gasteiger partial charge in [-0.15, -0.1) is 0 Å². The number of hydrogen-bond donors (Lipinski definition) is 2. The molecule has 3 N–H and O–H groups in total. The third-order valence-corrected chi connectivity index (χ3v) is 3.05. The van der Waals surface area contributed by atoms with Crippen LogP contribution < -0.4 is 16.0 Å². The second-order valence-electron chi connectivity index (χ2n) is 4.88. The molecule has 0 amide bonds. The van der Waals surface area contributed by atoms with Crippen LogP contribution in [-0.4, -0.2) is 24.0 Å². The van der Waals surface area contributed by atoms with Gasteiger partial charge in [-0.3, -0.25) is 10.1 Å². The van der Waals surface area contributed by atoms with Crippen molar-refractivity contribution >= 4 is 28.7 Å². The first-order valence-corrected chi connectivity index (χ1v) is 6.34. The van der Waals surface area contributed by atoms with Gasteiger partial charge in [0, 0.05) is 31.5 Å². The fourth-order valence-electron chi connectivity index (χ4n) is 2.01. The van der Waals surface area contributed by atoms with Gasteiger partial charge in [-0.05, 0) is 30.7 Å². The van der Waals surface area contributed by atoms with Crippen LogP contribution in [0.5, 0.6) is 0 Å². The first kappa shape index (κ1) is 14.6. The topological polar surface area (TPSA) is 97.3 Å². The second-order valence-corrected chi connectivity index (χ2v) is 4.88. The maximum atomic E-state index is 11.0. The number of nitrogens with one attached hydrogen (secondary N) is 1. The van der Waals surface area contributed by atoms with Crippen molar-refractivity contribution in [2.45, 2.75) is 6.92 Å². The lowest BCUT2D eigenvalue weighted by atomic mass is 10.1. The van der Waals surface area contributed by atoms with Crippen molar-refractivity contribution in [2.24, 2.45) is 0 Å². The molecule has 0 bridgehead atoms. The first-order valence-electron chi connectivity index (χ1n) is 6.34. The molecule has 2 aromatic rings. The Morgan fingerprint density at radius 2 is 2.00 bits per heavy atom. The standard InChI is InChI=1S/C14H17N5O2/c1-9-4-5-10(8-12(9)18(2)3)16-14-11(19(20)21)6-7-13(15)17-14/h4-8H,1-3H3,(H3,15,16,17). The van der Waals surface area contributed by atoms with Crippen molar-refractivity contribution in [1.29, 1.82) is 0 Å². The summed E-state index contributed by atoms with van der Waals surface area (Å²) in [4.78, 5) is 16.5. The van der Waals surface area contributed by atoms with E-state index in [9.17, 15) is 10.1 Å². The molecule has 0 saturated carbocycles. The van der Waals surface area contributed by atoms with E-state index >= 15 is 0 Å². The number of nitrogens with two attached hydrogens (primary N) is 1. The number of nitrogens with zero attached hydrogens (tertiary/aromatic N) is 3. The van der Waals surface area contributed by atoms with Gasteiger partial charge in [0.1, 0.15) is 5.82 Å². The van der Waals surface area contributed by atoms with Crippen molar-refractivity contribution in [3.63, 3.8) is 0 Å². The highest BCUT2D eigenvalue weighted by atomic mass is 16.6. The van der Waals surface area contributed by atoms with Crippen LogP contribution in [-0.2, 0) is 0 Å². The first-order chi connectivity index (χ1) is 9.88. The van der Waals surface area contributed by atoms with Gasteiger partial charge in [-0.1, -0.05) is 6.07 Å². The van der Waals surface area contributed by atoms with Crippen LogP contribution in [0, 0.1) is 17.0 Å². The predicted octanol–water partition coefficient (Wildman–Crippen LogP) is 2.69. The normalized spacial score (nSPS) is 10.2. The Morgan fingerprint density at radius 3 is 2.62 bits per heavy atom. The quantitative estimate of drug-likeness (QED) is 0.662. The third kappa shape index (κ3) is 3.19. The van der Waals surface area contributed by atoms with E-state index in [0.717, 1.165) is 11.3 Å². The van der Waals surface area contributed by atoms with Gasteiger partial charge in [-0.2, -0.15) is 0 Å². The Morgan fingerprint density at radius 1 is 1.29 bits per heavy atom. The van der Waals surface area contributed by atoms with Gasteiger partial charge in [-0.25, -0.2) is 4.98 Å². The lowest BCUT2D eigenvalue weighted by Gasteiger charge is -2.17. The van der Waals surface area contributed by atoms with E-state index in [0.29, 0.717) is 5.69 Å². The number of hydrogen-bond acceptors (Lipinski definition) is 6. The average molecular weight is 287 g/mol. The molecule has 0 saturated heterocycles. The number of benzene rings is 1. The number of anilines is 4. The maximum Gasteiger partial charge on any atom is 0.311 e. The van der Waals surface area contributed by atoms with Crippen LogP contribution >= 0.6 is 0 Å². The predicted molar refractivity (Wildman–Crippen MR) is 84.1 cm³/mol. The molecule has 1 heterocycles. The molecule has 0 aliphatic rings. The van der Waals surface area contributed by atoms with Crippen LogP contribution in [0.3, 0.4) is 0 Å². The Kier molecular flexibility index (Phi) is 3.93. The monoisotopic (exact) mass is 287 g/mol. The van der Waals surface area contributed by atoms with E-state index in [4.69, 9.17) is 5.73 Å². The number of rotatable bonds is 4. The number of nitrogen functional groups attached to an aromatic ring is 1. The van der Waals surface area contributed by atoms with Crippen LogP contribution in [0.25, 0.3) is 0 Å².